The average Bonchev–Trinajstić information content (AvgIpc) is 2.99. The lowest BCUT2D eigenvalue weighted by Gasteiger charge is -2.37. The lowest BCUT2D eigenvalue weighted by molar-refractivity contribution is -0.133. The molecule has 2 saturated heterocycles. The van der Waals surface area contributed by atoms with Gasteiger partial charge in [0, 0.05) is 45.0 Å². The Hall–Kier alpha value is -1.99. The Labute approximate surface area is 166 Å². The Morgan fingerprint density at radius 1 is 0.964 bits per heavy atom. The SMILES string of the molecule is CC(C(=O)Nc1ccc(F)cc1)N1CCN(CC(=O)N2CCCCCC2)CC1. The Morgan fingerprint density at radius 3 is 2.18 bits per heavy atom. The molecular formula is C21H31FN4O2. The van der Waals surface area contributed by atoms with Gasteiger partial charge in [0.2, 0.25) is 11.8 Å². The molecule has 1 atom stereocenters. The first-order valence-corrected chi connectivity index (χ1v) is 10.3. The number of rotatable bonds is 5. The van der Waals surface area contributed by atoms with E-state index < -0.39 is 0 Å². The predicted molar refractivity (Wildman–Crippen MR) is 108 cm³/mol. The first-order chi connectivity index (χ1) is 13.5. The van der Waals surface area contributed by atoms with Crippen LogP contribution in [0.25, 0.3) is 0 Å². The topological polar surface area (TPSA) is 55.9 Å². The van der Waals surface area contributed by atoms with Crippen LogP contribution in [-0.4, -0.2) is 78.4 Å². The Balaban J connectivity index is 1.43. The van der Waals surface area contributed by atoms with Crippen molar-refractivity contribution in [3.63, 3.8) is 0 Å². The number of halogens is 1. The van der Waals surface area contributed by atoms with Crippen molar-refractivity contribution in [1.82, 2.24) is 14.7 Å². The molecule has 28 heavy (non-hydrogen) atoms. The van der Waals surface area contributed by atoms with E-state index in [1.165, 1.54) is 25.0 Å². The zero-order valence-electron chi connectivity index (χ0n) is 16.7. The Morgan fingerprint density at radius 2 is 1.57 bits per heavy atom. The highest BCUT2D eigenvalue weighted by molar-refractivity contribution is 5.94. The van der Waals surface area contributed by atoms with E-state index in [4.69, 9.17) is 0 Å². The first-order valence-electron chi connectivity index (χ1n) is 10.3. The highest BCUT2D eigenvalue weighted by Crippen LogP contribution is 2.13. The summed E-state index contributed by atoms with van der Waals surface area (Å²) in [6.45, 7) is 7.22. The largest absolute Gasteiger partial charge is 0.342 e. The number of carbonyl (C=O) groups excluding carboxylic acids is 2. The molecule has 0 aliphatic carbocycles. The molecule has 1 N–H and O–H groups in total. The zero-order chi connectivity index (χ0) is 19.9. The van der Waals surface area contributed by atoms with Crippen LogP contribution in [0.2, 0.25) is 0 Å². The van der Waals surface area contributed by atoms with Gasteiger partial charge in [-0.2, -0.15) is 0 Å². The van der Waals surface area contributed by atoms with E-state index >= 15 is 0 Å². The minimum Gasteiger partial charge on any atom is -0.342 e. The molecule has 6 nitrogen and oxygen atoms in total. The van der Waals surface area contributed by atoms with Crippen LogP contribution in [-0.2, 0) is 9.59 Å². The van der Waals surface area contributed by atoms with Gasteiger partial charge < -0.3 is 10.2 Å². The Kier molecular flexibility index (Phi) is 7.39. The smallest absolute Gasteiger partial charge is 0.241 e. The summed E-state index contributed by atoms with van der Waals surface area (Å²) >= 11 is 0. The van der Waals surface area contributed by atoms with E-state index in [9.17, 15) is 14.0 Å². The van der Waals surface area contributed by atoms with Crippen molar-refractivity contribution < 1.29 is 14.0 Å². The zero-order valence-corrected chi connectivity index (χ0v) is 16.7. The standard InChI is InChI=1S/C21H31FN4O2/c1-17(21(28)23-19-8-6-18(22)7-9-19)25-14-12-24(13-15-25)16-20(27)26-10-4-2-3-5-11-26/h6-9,17H,2-5,10-16H2,1H3,(H,23,28). The highest BCUT2D eigenvalue weighted by atomic mass is 19.1. The van der Waals surface area contributed by atoms with Crippen molar-refractivity contribution >= 4 is 17.5 Å². The summed E-state index contributed by atoms with van der Waals surface area (Å²) in [5.41, 5.74) is 0.597. The summed E-state index contributed by atoms with van der Waals surface area (Å²) in [6, 6.07) is 5.52. The van der Waals surface area contributed by atoms with Gasteiger partial charge in [-0.1, -0.05) is 12.8 Å². The molecule has 1 unspecified atom stereocenters. The highest BCUT2D eigenvalue weighted by Gasteiger charge is 2.27. The van der Waals surface area contributed by atoms with E-state index in [1.54, 1.807) is 12.1 Å². The van der Waals surface area contributed by atoms with Crippen LogP contribution in [0, 0.1) is 5.82 Å². The fourth-order valence-corrected chi connectivity index (χ4v) is 3.87. The molecule has 0 spiro atoms. The fraction of sp³-hybridized carbons (Fsp3) is 0.619. The van der Waals surface area contributed by atoms with Crippen LogP contribution < -0.4 is 5.32 Å². The maximum Gasteiger partial charge on any atom is 0.241 e. The van der Waals surface area contributed by atoms with Crippen LogP contribution >= 0.6 is 0 Å². The predicted octanol–water partition coefficient (Wildman–Crippen LogP) is 2.17. The first kappa shape index (κ1) is 20.7. The quantitative estimate of drug-likeness (QED) is 0.837. The van der Waals surface area contributed by atoms with Crippen LogP contribution in [0.3, 0.4) is 0 Å². The molecule has 0 saturated carbocycles. The van der Waals surface area contributed by atoms with Crippen molar-refractivity contribution in [3.8, 4) is 0 Å². The average molecular weight is 391 g/mol. The number of nitrogens with zero attached hydrogens (tertiary/aromatic N) is 3. The van der Waals surface area contributed by atoms with E-state index in [-0.39, 0.29) is 23.7 Å². The van der Waals surface area contributed by atoms with Gasteiger partial charge in [-0.05, 0) is 44.0 Å². The Bertz CT molecular complexity index is 651. The number of hydrogen-bond donors (Lipinski definition) is 1. The number of nitrogens with one attached hydrogen (secondary N) is 1. The van der Waals surface area contributed by atoms with Gasteiger partial charge in [0.15, 0.2) is 0 Å². The molecule has 1 aromatic carbocycles. The number of hydrogen-bond acceptors (Lipinski definition) is 4. The van der Waals surface area contributed by atoms with Crippen molar-refractivity contribution in [1.29, 1.82) is 0 Å². The fourth-order valence-electron chi connectivity index (χ4n) is 3.87. The lowest BCUT2D eigenvalue weighted by atomic mass is 10.2. The third-order valence-corrected chi connectivity index (χ3v) is 5.76. The van der Waals surface area contributed by atoms with E-state index in [0.29, 0.717) is 12.2 Å². The minimum absolute atomic E-state index is 0.0966. The molecule has 2 aliphatic rings. The van der Waals surface area contributed by atoms with Gasteiger partial charge in [0.25, 0.3) is 0 Å². The minimum atomic E-state index is -0.322. The third kappa shape index (κ3) is 5.75. The molecule has 2 heterocycles. The molecule has 0 radical (unpaired) electrons. The van der Waals surface area contributed by atoms with Gasteiger partial charge in [-0.15, -0.1) is 0 Å². The molecule has 154 valence electrons. The molecule has 0 aromatic heterocycles. The maximum atomic E-state index is 13.0. The van der Waals surface area contributed by atoms with Gasteiger partial charge >= 0.3 is 0 Å². The molecular weight excluding hydrogens is 359 g/mol. The number of benzene rings is 1. The van der Waals surface area contributed by atoms with Crippen molar-refractivity contribution in [2.45, 2.75) is 38.6 Å². The summed E-state index contributed by atoms with van der Waals surface area (Å²) in [5, 5.41) is 2.84. The second kappa shape index (κ2) is 9.98. The van der Waals surface area contributed by atoms with Crippen LogP contribution in [0.15, 0.2) is 24.3 Å². The van der Waals surface area contributed by atoms with Gasteiger partial charge in [0.1, 0.15) is 5.82 Å². The van der Waals surface area contributed by atoms with Crippen molar-refractivity contribution in [2.75, 3.05) is 51.1 Å². The van der Waals surface area contributed by atoms with E-state index in [1.807, 2.05) is 11.8 Å². The van der Waals surface area contributed by atoms with Crippen molar-refractivity contribution in [3.05, 3.63) is 30.1 Å². The molecule has 1 aromatic rings. The lowest BCUT2D eigenvalue weighted by Crippen LogP contribution is -2.54. The summed E-state index contributed by atoms with van der Waals surface area (Å²) in [7, 11) is 0. The number of likely N-dealkylation sites (tertiary alicyclic amines) is 1. The van der Waals surface area contributed by atoms with E-state index in [2.05, 4.69) is 15.1 Å². The summed E-state index contributed by atoms with van der Waals surface area (Å²) in [5.74, 6) is -0.185. The van der Waals surface area contributed by atoms with Gasteiger partial charge in [-0.3, -0.25) is 19.4 Å². The molecule has 2 amide bonds. The summed E-state index contributed by atoms with van der Waals surface area (Å²) in [6.07, 6.45) is 4.67. The second-order valence-corrected chi connectivity index (χ2v) is 7.78. The number of piperazine rings is 1. The van der Waals surface area contributed by atoms with Crippen LogP contribution in [0.1, 0.15) is 32.6 Å². The molecule has 2 fully saturated rings. The maximum absolute atomic E-state index is 13.0. The van der Waals surface area contributed by atoms with Crippen LogP contribution in [0.5, 0.6) is 0 Å². The molecule has 2 aliphatic heterocycles. The third-order valence-electron chi connectivity index (χ3n) is 5.76. The molecule has 3 rings (SSSR count). The van der Waals surface area contributed by atoms with Crippen LogP contribution in [0.4, 0.5) is 10.1 Å². The summed E-state index contributed by atoms with van der Waals surface area (Å²) < 4.78 is 13.0. The van der Waals surface area contributed by atoms with E-state index in [0.717, 1.165) is 52.1 Å². The van der Waals surface area contributed by atoms with Crippen molar-refractivity contribution in [2.24, 2.45) is 0 Å². The number of anilines is 1. The summed E-state index contributed by atoms with van der Waals surface area (Å²) in [4.78, 5) is 31.4. The van der Waals surface area contributed by atoms with Gasteiger partial charge in [0.05, 0.1) is 12.6 Å². The van der Waals surface area contributed by atoms with Gasteiger partial charge in [-0.25, -0.2) is 4.39 Å². The molecule has 0 bridgehead atoms. The number of carbonyl (C=O) groups is 2. The normalized spacial score (nSPS) is 20.4. The molecule has 7 heteroatoms. The number of amides is 2. The monoisotopic (exact) mass is 390 g/mol. The second-order valence-electron chi connectivity index (χ2n) is 7.78.